The van der Waals surface area contributed by atoms with E-state index in [2.05, 4.69) is 5.32 Å². The number of ether oxygens (including phenoxy) is 2. The molecule has 176 valence electrons. The lowest BCUT2D eigenvalue weighted by Gasteiger charge is -2.29. The molecule has 9 heteroatoms. The van der Waals surface area contributed by atoms with Gasteiger partial charge in [0.05, 0.1) is 29.2 Å². The fourth-order valence-electron chi connectivity index (χ4n) is 3.78. The highest BCUT2D eigenvalue weighted by atomic mass is 35.5. The van der Waals surface area contributed by atoms with E-state index in [1.807, 2.05) is 47.8 Å². The largest absolute Gasteiger partial charge is 0.495 e. The van der Waals surface area contributed by atoms with Crippen LogP contribution in [0.15, 0.2) is 72.1 Å². The number of nitrogens with one attached hydrogen (secondary N) is 1. The number of amides is 2. The summed E-state index contributed by atoms with van der Waals surface area (Å²) < 4.78 is 10.9. The number of nitrogens with zero attached hydrogens (tertiary/aromatic N) is 2. The molecule has 0 radical (unpaired) electrons. The van der Waals surface area contributed by atoms with Gasteiger partial charge in [0.2, 0.25) is 5.91 Å². The molecule has 0 spiro atoms. The van der Waals surface area contributed by atoms with Gasteiger partial charge in [-0.25, -0.2) is 4.98 Å². The van der Waals surface area contributed by atoms with Crippen molar-refractivity contribution in [3.8, 4) is 33.3 Å². The molecule has 5 rings (SSSR count). The van der Waals surface area contributed by atoms with Crippen LogP contribution in [0.5, 0.6) is 11.5 Å². The summed E-state index contributed by atoms with van der Waals surface area (Å²) in [5.41, 5.74) is 3.44. The molecule has 35 heavy (non-hydrogen) atoms. The maximum atomic E-state index is 12.8. The Kier molecular flexibility index (Phi) is 6.39. The highest BCUT2D eigenvalue weighted by molar-refractivity contribution is 7.13. The van der Waals surface area contributed by atoms with Gasteiger partial charge in [0.15, 0.2) is 6.61 Å². The maximum absolute atomic E-state index is 12.8. The van der Waals surface area contributed by atoms with Crippen LogP contribution in [0, 0.1) is 0 Å². The standard InChI is InChI=1S/C26H20ClN3O4S/c1-33-22-9-5-4-8-19(22)28-24(31)13-30-21-12-16(10-11-23(21)34-14-25(30)32)20-15-35-26(29-20)17-6-2-3-7-18(17)27/h2-12,15H,13-14H2,1H3,(H,28,31). The summed E-state index contributed by atoms with van der Waals surface area (Å²) in [5.74, 6) is 0.408. The van der Waals surface area contributed by atoms with Gasteiger partial charge in [0, 0.05) is 16.5 Å². The fourth-order valence-corrected chi connectivity index (χ4v) is 4.93. The number of benzene rings is 3. The molecule has 1 N–H and O–H groups in total. The lowest BCUT2D eigenvalue weighted by molar-refractivity contribution is -0.123. The molecule has 1 aromatic heterocycles. The molecule has 0 aliphatic carbocycles. The molecular formula is C26H20ClN3O4S. The lowest BCUT2D eigenvalue weighted by atomic mass is 10.1. The number of halogens is 1. The van der Waals surface area contributed by atoms with Crippen molar-refractivity contribution in [2.45, 2.75) is 0 Å². The van der Waals surface area contributed by atoms with Gasteiger partial charge in [-0.15, -0.1) is 11.3 Å². The van der Waals surface area contributed by atoms with Crippen molar-refractivity contribution in [3.05, 3.63) is 77.1 Å². The Balaban J connectivity index is 1.41. The molecule has 0 bridgehead atoms. The third-order valence-corrected chi connectivity index (χ3v) is 6.69. The van der Waals surface area contributed by atoms with Crippen molar-refractivity contribution < 1.29 is 19.1 Å². The predicted octanol–water partition coefficient (Wildman–Crippen LogP) is 5.50. The van der Waals surface area contributed by atoms with E-state index < -0.39 is 0 Å². The summed E-state index contributed by atoms with van der Waals surface area (Å²) in [6.45, 7) is -0.305. The van der Waals surface area contributed by atoms with Gasteiger partial charge in [-0.3, -0.25) is 14.5 Å². The number of rotatable bonds is 6. The van der Waals surface area contributed by atoms with Crippen LogP contribution in [0.3, 0.4) is 0 Å². The second-order valence-corrected chi connectivity index (χ2v) is 8.98. The molecule has 2 amide bonds. The first-order chi connectivity index (χ1) is 17.0. The van der Waals surface area contributed by atoms with Gasteiger partial charge in [-0.1, -0.05) is 41.9 Å². The minimum atomic E-state index is -0.351. The van der Waals surface area contributed by atoms with Crippen LogP contribution in [0.25, 0.3) is 21.8 Å². The van der Waals surface area contributed by atoms with Crippen molar-refractivity contribution in [1.82, 2.24) is 4.98 Å². The summed E-state index contributed by atoms with van der Waals surface area (Å²) in [4.78, 5) is 31.7. The highest BCUT2D eigenvalue weighted by Gasteiger charge is 2.28. The molecule has 0 atom stereocenters. The first-order valence-corrected chi connectivity index (χ1v) is 12.0. The fraction of sp³-hybridized carbons (Fsp3) is 0.115. The number of carbonyl (C=O) groups is 2. The molecule has 7 nitrogen and oxygen atoms in total. The third-order valence-electron chi connectivity index (χ3n) is 5.49. The van der Waals surface area contributed by atoms with E-state index in [1.54, 1.807) is 24.3 Å². The highest BCUT2D eigenvalue weighted by Crippen LogP contribution is 2.38. The summed E-state index contributed by atoms with van der Waals surface area (Å²) in [6.07, 6.45) is 0. The minimum absolute atomic E-state index is 0.137. The number of anilines is 2. The molecule has 0 fully saturated rings. The molecule has 4 aromatic rings. The summed E-state index contributed by atoms with van der Waals surface area (Å²) in [7, 11) is 1.53. The van der Waals surface area contributed by atoms with E-state index in [4.69, 9.17) is 26.1 Å². The number of fused-ring (bicyclic) bond motifs is 1. The number of carbonyl (C=O) groups excluding carboxylic acids is 2. The van der Waals surface area contributed by atoms with Crippen LogP contribution in [-0.2, 0) is 9.59 Å². The SMILES string of the molecule is COc1ccccc1NC(=O)CN1C(=O)COc2ccc(-c3csc(-c4ccccc4Cl)n3)cc21. The predicted molar refractivity (Wildman–Crippen MR) is 137 cm³/mol. The molecule has 1 aliphatic rings. The van der Waals surface area contributed by atoms with Crippen LogP contribution in [0.4, 0.5) is 11.4 Å². The van der Waals surface area contributed by atoms with Crippen molar-refractivity contribution >= 4 is 46.1 Å². The zero-order chi connectivity index (χ0) is 24.4. The van der Waals surface area contributed by atoms with Crippen molar-refractivity contribution in [2.75, 3.05) is 30.5 Å². The Morgan fingerprint density at radius 3 is 2.80 bits per heavy atom. The molecule has 0 saturated heterocycles. The van der Waals surface area contributed by atoms with E-state index in [1.165, 1.54) is 23.3 Å². The Hall–Kier alpha value is -3.88. The smallest absolute Gasteiger partial charge is 0.265 e. The van der Waals surface area contributed by atoms with Gasteiger partial charge < -0.3 is 14.8 Å². The van der Waals surface area contributed by atoms with Crippen molar-refractivity contribution in [1.29, 1.82) is 0 Å². The summed E-state index contributed by atoms with van der Waals surface area (Å²) >= 11 is 7.81. The Morgan fingerprint density at radius 2 is 1.97 bits per heavy atom. The minimum Gasteiger partial charge on any atom is -0.495 e. The van der Waals surface area contributed by atoms with Crippen LogP contribution >= 0.6 is 22.9 Å². The topological polar surface area (TPSA) is 80.8 Å². The van der Waals surface area contributed by atoms with Crippen LogP contribution < -0.4 is 19.7 Å². The average Bonchev–Trinajstić information content (AvgIpc) is 3.36. The monoisotopic (exact) mass is 505 g/mol. The second-order valence-electron chi connectivity index (χ2n) is 7.72. The quantitative estimate of drug-likeness (QED) is 0.374. The zero-order valence-corrected chi connectivity index (χ0v) is 20.2. The van der Waals surface area contributed by atoms with Gasteiger partial charge in [0.1, 0.15) is 23.1 Å². The first-order valence-electron chi connectivity index (χ1n) is 10.7. The summed E-state index contributed by atoms with van der Waals surface area (Å²) in [5, 5.41) is 6.17. The van der Waals surface area contributed by atoms with Crippen LogP contribution in [0.2, 0.25) is 5.02 Å². The van der Waals surface area contributed by atoms with Crippen molar-refractivity contribution in [2.24, 2.45) is 0 Å². The van der Waals surface area contributed by atoms with Crippen LogP contribution in [-0.4, -0.2) is 37.1 Å². The third kappa shape index (κ3) is 4.71. The summed E-state index contributed by atoms with van der Waals surface area (Å²) in [6, 6.07) is 20.1. The van der Waals surface area contributed by atoms with Crippen LogP contribution in [0.1, 0.15) is 0 Å². The molecule has 3 aromatic carbocycles. The number of para-hydroxylation sites is 2. The normalized spacial score (nSPS) is 12.6. The Labute approximate surface area is 210 Å². The number of thiazole rings is 1. The number of aromatic nitrogens is 1. The first kappa shape index (κ1) is 22.9. The van der Waals surface area contributed by atoms with Gasteiger partial charge >= 0.3 is 0 Å². The zero-order valence-electron chi connectivity index (χ0n) is 18.7. The van der Waals surface area contributed by atoms with Gasteiger partial charge in [0.25, 0.3) is 5.91 Å². The lowest BCUT2D eigenvalue weighted by Crippen LogP contribution is -2.43. The van der Waals surface area contributed by atoms with E-state index in [-0.39, 0.29) is 25.0 Å². The van der Waals surface area contributed by atoms with E-state index >= 15 is 0 Å². The molecule has 0 unspecified atom stereocenters. The van der Waals surface area contributed by atoms with E-state index in [0.29, 0.717) is 27.9 Å². The van der Waals surface area contributed by atoms with Gasteiger partial charge in [-0.05, 0) is 36.4 Å². The number of hydrogen-bond donors (Lipinski definition) is 1. The van der Waals surface area contributed by atoms with Gasteiger partial charge in [-0.2, -0.15) is 0 Å². The second kappa shape index (κ2) is 9.77. The molecular weight excluding hydrogens is 486 g/mol. The Morgan fingerprint density at radius 1 is 1.17 bits per heavy atom. The molecule has 2 heterocycles. The Bertz CT molecular complexity index is 1420. The average molecular weight is 506 g/mol. The number of hydrogen-bond acceptors (Lipinski definition) is 6. The molecule has 1 aliphatic heterocycles. The maximum Gasteiger partial charge on any atom is 0.265 e. The molecule has 0 saturated carbocycles. The van der Waals surface area contributed by atoms with Crippen molar-refractivity contribution in [3.63, 3.8) is 0 Å². The number of methoxy groups -OCH3 is 1. The van der Waals surface area contributed by atoms with E-state index in [9.17, 15) is 9.59 Å². The van der Waals surface area contributed by atoms with E-state index in [0.717, 1.165) is 21.8 Å².